The quantitative estimate of drug-likeness (QED) is 0.171. The number of aromatic nitrogens is 3. The van der Waals surface area contributed by atoms with E-state index in [0.29, 0.717) is 17.5 Å². The molecule has 7 aromatic rings. The van der Waals surface area contributed by atoms with Crippen LogP contribution in [-0.4, -0.2) is 4.98 Å². The van der Waals surface area contributed by atoms with Crippen LogP contribution in [0.25, 0.3) is 61.5 Å². The van der Waals surface area contributed by atoms with E-state index in [1.165, 1.54) is 61.5 Å². The van der Waals surface area contributed by atoms with Crippen molar-refractivity contribution in [2.24, 2.45) is 0 Å². The van der Waals surface area contributed by atoms with Gasteiger partial charge in [-0.15, -0.1) is 0 Å². The summed E-state index contributed by atoms with van der Waals surface area (Å²) in [6, 6.07) is 32.1. The van der Waals surface area contributed by atoms with Gasteiger partial charge in [0.15, 0.2) is 29.2 Å². The molecule has 9 rings (SSSR count). The molecule has 3 aromatic carbocycles. The van der Waals surface area contributed by atoms with Gasteiger partial charge in [-0.2, -0.15) is 9.13 Å². The van der Waals surface area contributed by atoms with E-state index in [9.17, 15) is 0 Å². The minimum Gasteiger partial charge on any atom is -0.437 e. The fraction of sp³-hybridized carbons (Fsp3) is 0.300. The van der Waals surface area contributed by atoms with Crippen LogP contribution in [0.4, 0.5) is 0 Å². The Bertz CT molecular complexity index is 2650. The fourth-order valence-corrected chi connectivity index (χ4v) is 9.59. The smallest absolute Gasteiger partial charge is 0.227 e. The van der Waals surface area contributed by atoms with Crippen LogP contribution in [0.3, 0.4) is 0 Å². The first-order valence-corrected chi connectivity index (χ1v) is 19.8. The summed E-state index contributed by atoms with van der Waals surface area (Å²) in [7, 11) is 0. The van der Waals surface area contributed by atoms with Crippen LogP contribution >= 0.6 is 0 Å². The molecular weight excluding hydrogens is 659 g/mol. The molecule has 54 heavy (non-hydrogen) atoms. The van der Waals surface area contributed by atoms with Gasteiger partial charge in [-0.25, -0.2) is 4.98 Å². The van der Waals surface area contributed by atoms with E-state index >= 15 is 0 Å². The molecule has 270 valence electrons. The van der Waals surface area contributed by atoms with Crippen molar-refractivity contribution < 1.29 is 13.6 Å². The predicted octanol–water partition coefficient (Wildman–Crippen LogP) is 12.2. The Morgan fingerprint density at radius 2 is 1.50 bits per heavy atom. The van der Waals surface area contributed by atoms with Gasteiger partial charge in [0.25, 0.3) is 0 Å². The molecule has 0 aliphatic carbocycles. The number of rotatable bonds is 3. The Morgan fingerprint density at radius 3 is 2.26 bits per heavy atom. The summed E-state index contributed by atoms with van der Waals surface area (Å²) in [6.07, 6.45) is 5.18. The molecule has 2 aliphatic heterocycles. The molecule has 0 bridgehead atoms. The molecule has 0 saturated carbocycles. The maximum absolute atomic E-state index is 7.01. The molecule has 4 heteroatoms. The Hall–Kier alpha value is -5.35. The van der Waals surface area contributed by atoms with Crippen LogP contribution in [0.15, 0.2) is 102 Å². The van der Waals surface area contributed by atoms with Gasteiger partial charge >= 0.3 is 0 Å². The second kappa shape index (κ2) is 12.9. The lowest BCUT2D eigenvalue weighted by molar-refractivity contribution is -0.719. The number of allylic oxidation sites excluding steroid dienone is 1. The average Bonchev–Trinajstić information content (AvgIpc) is 3.52. The lowest BCUT2D eigenvalue weighted by Crippen LogP contribution is -2.49. The van der Waals surface area contributed by atoms with Crippen LogP contribution in [0.5, 0.6) is 0 Å². The zero-order valence-corrected chi connectivity index (χ0v) is 33.0. The van der Waals surface area contributed by atoms with Crippen LogP contribution in [0, 0.1) is 27.7 Å². The van der Waals surface area contributed by atoms with Crippen molar-refractivity contribution in [2.45, 2.75) is 98.4 Å². The number of pyridine rings is 3. The first-order chi connectivity index (χ1) is 26.0. The minimum atomic E-state index is 0.274. The molecule has 2 aliphatic rings. The maximum Gasteiger partial charge on any atom is 0.227 e. The third kappa shape index (κ3) is 5.36. The Balaban J connectivity index is 1.26. The predicted molar refractivity (Wildman–Crippen MR) is 222 cm³/mol. The first kappa shape index (κ1) is 34.4. The zero-order chi connectivity index (χ0) is 37.6. The van der Waals surface area contributed by atoms with Gasteiger partial charge < -0.3 is 4.42 Å². The lowest BCUT2D eigenvalue weighted by Gasteiger charge is -2.32. The highest BCUT2D eigenvalue weighted by atomic mass is 16.3. The molecule has 0 fully saturated rings. The first-order valence-electron chi connectivity index (χ1n) is 19.8. The van der Waals surface area contributed by atoms with Crippen molar-refractivity contribution in [1.29, 1.82) is 0 Å². The van der Waals surface area contributed by atoms with Gasteiger partial charge in [0.05, 0.1) is 17.2 Å². The third-order valence-electron chi connectivity index (χ3n) is 12.4. The molecule has 0 saturated heterocycles. The van der Waals surface area contributed by atoms with Crippen LogP contribution in [-0.2, 0) is 6.42 Å². The third-order valence-corrected chi connectivity index (χ3v) is 12.4. The summed E-state index contributed by atoms with van der Waals surface area (Å²) < 4.78 is 12.0. The van der Waals surface area contributed by atoms with Crippen molar-refractivity contribution in [3.05, 3.63) is 142 Å². The molecule has 0 spiro atoms. The molecule has 0 radical (unpaired) electrons. The van der Waals surface area contributed by atoms with Crippen LogP contribution in [0.2, 0.25) is 0 Å². The number of benzene rings is 3. The number of hydrogen-bond donors (Lipinski definition) is 0. The molecular formula is C50H51N3O+2. The standard InChI is InChI=1S/C50H51N3O/c1-28(2)36-13-11-14-37(29(3)4)48(36)43-22-21-40-39-20-17-35-18-23-44-42(41-24-30(5)16-19-38(41)46-25-31(6)32(7)27-52(44)46)26-34(9)53-33(8)12-10-15-45(53)47(35)49(39)54-50(40)51-43/h10-17,19-22,24-25,27-29,42,44H,9,18,23,26H2,1-8H3/q+2. The second-order valence-corrected chi connectivity index (χ2v) is 16.6. The molecule has 0 amide bonds. The summed E-state index contributed by atoms with van der Waals surface area (Å²) >= 11 is 0. The van der Waals surface area contributed by atoms with Gasteiger partial charge in [0.2, 0.25) is 17.1 Å². The number of furan rings is 1. The van der Waals surface area contributed by atoms with Crippen LogP contribution in [0.1, 0.15) is 109 Å². The summed E-state index contributed by atoms with van der Waals surface area (Å²) in [6.45, 7) is 22.8. The summed E-state index contributed by atoms with van der Waals surface area (Å²) in [4.78, 5) is 5.31. The van der Waals surface area contributed by atoms with Crippen molar-refractivity contribution in [3.63, 3.8) is 0 Å². The summed E-state index contributed by atoms with van der Waals surface area (Å²) in [5.41, 5.74) is 20.4. The van der Waals surface area contributed by atoms with Crippen molar-refractivity contribution in [2.75, 3.05) is 0 Å². The van der Waals surface area contributed by atoms with Crippen molar-refractivity contribution in [1.82, 2.24) is 4.98 Å². The Kier molecular flexibility index (Phi) is 8.22. The van der Waals surface area contributed by atoms with Gasteiger partial charge in [-0.1, -0.05) is 75.7 Å². The van der Waals surface area contributed by atoms with E-state index in [1.54, 1.807) is 0 Å². The van der Waals surface area contributed by atoms with E-state index in [4.69, 9.17) is 16.0 Å². The van der Waals surface area contributed by atoms with E-state index < -0.39 is 0 Å². The largest absolute Gasteiger partial charge is 0.437 e. The van der Waals surface area contributed by atoms with Gasteiger partial charge in [-0.3, -0.25) is 0 Å². The number of fused-ring (bicyclic) bond motifs is 13. The monoisotopic (exact) mass is 709 g/mol. The zero-order valence-electron chi connectivity index (χ0n) is 33.0. The minimum absolute atomic E-state index is 0.274. The second-order valence-electron chi connectivity index (χ2n) is 16.6. The number of aryl methyl sites for hydroxylation is 5. The van der Waals surface area contributed by atoms with Crippen LogP contribution < -0.4 is 9.13 Å². The Morgan fingerprint density at radius 1 is 0.759 bits per heavy atom. The molecule has 2 atom stereocenters. The number of nitrogens with zero attached hydrogens (tertiary/aromatic N) is 3. The molecule has 4 aromatic heterocycles. The summed E-state index contributed by atoms with van der Waals surface area (Å²) in [5, 5.41) is 2.15. The van der Waals surface area contributed by atoms with E-state index in [-0.39, 0.29) is 12.0 Å². The average molecular weight is 710 g/mol. The maximum atomic E-state index is 7.01. The van der Waals surface area contributed by atoms with Gasteiger partial charge in [0.1, 0.15) is 0 Å². The SMILES string of the molecule is C=C1CC2c3cc(C)ccc3-c3cc(C)c(C)c[n+]3C2CCc2ccc3c(oc4nc(-c5c(C(C)C)cccc5C(C)C)ccc43)c2-c2cccc(C)[n+]21. The van der Waals surface area contributed by atoms with Crippen molar-refractivity contribution in [3.8, 4) is 33.8 Å². The number of hydrogen-bond acceptors (Lipinski definition) is 2. The van der Waals surface area contributed by atoms with E-state index in [0.717, 1.165) is 58.3 Å². The fourth-order valence-electron chi connectivity index (χ4n) is 9.59. The van der Waals surface area contributed by atoms with E-state index in [1.807, 2.05) is 0 Å². The van der Waals surface area contributed by atoms with Gasteiger partial charge in [-0.05, 0) is 97.7 Å². The molecule has 2 unspecified atom stereocenters. The lowest BCUT2D eigenvalue weighted by atomic mass is 9.77. The van der Waals surface area contributed by atoms with E-state index in [2.05, 4.69) is 156 Å². The highest BCUT2D eigenvalue weighted by Crippen LogP contribution is 2.46. The molecule has 6 heterocycles. The van der Waals surface area contributed by atoms with Crippen molar-refractivity contribution >= 4 is 27.8 Å². The topological polar surface area (TPSA) is 33.8 Å². The highest BCUT2D eigenvalue weighted by molar-refractivity contribution is 6.09. The molecule has 0 N–H and O–H groups in total. The molecule has 4 nitrogen and oxygen atoms in total. The normalized spacial score (nSPS) is 16.7. The highest BCUT2D eigenvalue weighted by Gasteiger charge is 2.43. The van der Waals surface area contributed by atoms with Gasteiger partial charge in [0, 0.05) is 65.4 Å². The Labute approximate surface area is 319 Å². The summed E-state index contributed by atoms with van der Waals surface area (Å²) in [5.74, 6) is 1.04.